The maximum Gasteiger partial charge on any atom is 0.306 e. The third kappa shape index (κ3) is 9.67. The van der Waals surface area contributed by atoms with Gasteiger partial charge in [0, 0.05) is 44.1 Å². The number of carboxylic acid groups (broad SMARTS) is 1. The first kappa shape index (κ1) is 30.7. The van der Waals surface area contributed by atoms with E-state index in [1.165, 1.54) is 6.20 Å². The lowest BCUT2D eigenvalue weighted by atomic mass is 9.94. The molecule has 41 heavy (non-hydrogen) atoms. The molecule has 3 aromatic rings. The number of fused-ring (bicyclic) bond motifs is 1. The van der Waals surface area contributed by atoms with Crippen LogP contribution < -0.4 is 27.2 Å². The molecule has 2 heterocycles. The van der Waals surface area contributed by atoms with Crippen LogP contribution in [0.5, 0.6) is 0 Å². The number of carboxylic acids is 1. The normalized spacial score (nSPS) is 11.5. The summed E-state index contributed by atoms with van der Waals surface area (Å²) in [6, 6.07) is 6.52. The largest absolute Gasteiger partial charge is 0.481 e. The number of ketones is 1. The van der Waals surface area contributed by atoms with E-state index in [1.807, 2.05) is 0 Å². The van der Waals surface area contributed by atoms with Crippen LogP contribution in [0.25, 0.3) is 11.2 Å². The van der Waals surface area contributed by atoms with Gasteiger partial charge in [0.1, 0.15) is 0 Å². The van der Waals surface area contributed by atoms with Crippen LogP contribution in [0, 0.1) is 5.92 Å². The van der Waals surface area contributed by atoms with Gasteiger partial charge in [0.05, 0.1) is 24.4 Å². The summed E-state index contributed by atoms with van der Waals surface area (Å²) in [6.07, 6.45) is 3.97. The molecule has 0 unspecified atom stereocenters. The lowest BCUT2D eigenvalue weighted by molar-refractivity contribution is -0.142. The van der Waals surface area contributed by atoms with E-state index >= 15 is 0 Å². The molecule has 0 radical (unpaired) electrons. The lowest BCUT2D eigenvalue weighted by Gasteiger charge is -2.12. The van der Waals surface area contributed by atoms with Gasteiger partial charge in [-0.05, 0) is 43.5 Å². The molecule has 0 fully saturated rings. The predicted octanol–water partition coefficient (Wildman–Crippen LogP) is 1.38. The van der Waals surface area contributed by atoms with Crippen LogP contribution in [0.3, 0.4) is 0 Å². The molecule has 0 aliphatic rings. The summed E-state index contributed by atoms with van der Waals surface area (Å²) in [5.74, 6) is -2.80. The van der Waals surface area contributed by atoms with E-state index in [0.29, 0.717) is 29.9 Å². The van der Waals surface area contributed by atoms with Gasteiger partial charge in [-0.25, -0.2) is 9.97 Å². The first-order chi connectivity index (χ1) is 19.7. The Labute approximate surface area is 235 Å². The molecule has 2 amide bonds. The van der Waals surface area contributed by atoms with Crippen molar-refractivity contribution in [3.05, 3.63) is 52.1 Å². The number of aromatic nitrogens is 4. The molecule has 1 atom stereocenters. The number of benzene rings is 1. The zero-order chi connectivity index (χ0) is 29.8. The number of H-pyrrole nitrogens is 1. The van der Waals surface area contributed by atoms with Crippen molar-refractivity contribution >= 4 is 46.4 Å². The number of nitrogens with two attached hydrogens (primary N) is 1. The van der Waals surface area contributed by atoms with Crippen LogP contribution in [0.4, 0.5) is 11.6 Å². The van der Waals surface area contributed by atoms with Crippen LogP contribution in [-0.2, 0) is 20.9 Å². The first-order valence-electron chi connectivity index (χ1n) is 13.2. The summed E-state index contributed by atoms with van der Waals surface area (Å²) in [5.41, 5.74) is 6.75. The van der Waals surface area contributed by atoms with Crippen molar-refractivity contribution < 1.29 is 24.3 Å². The standard InChI is InChI=1S/C27H34N8O6/c1-29-21(37)5-3-2-4-12-30-22(38)11-8-17(26(40)41)13-20(36)16-6-9-18(10-7-16)31-14-19-15-32-24-23(33-19)25(39)35-27(28)34-24/h6-7,9-10,15,17,31H,2-5,8,11-14H2,1H3,(H,29,37)(H,30,38)(H,40,41)(H3,28,32,34,35,39)/t17-/m1/s1. The highest BCUT2D eigenvalue weighted by molar-refractivity contribution is 5.98. The molecular formula is C27H34N8O6. The van der Waals surface area contributed by atoms with Crippen LogP contribution in [0.1, 0.15) is 61.0 Å². The minimum absolute atomic E-state index is 0.00166. The van der Waals surface area contributed by atoms with Crippen LogP contribution in [-0.4, -0.2) is 62.2 Å². The molecule has 0 spiro atoms. The van der Waals surface area contributed by atoms with Crippen LogP contribution >= 0.6 is 0 Å². The summed E-state index contributed by atoms with van der Waals surface area (Å²) in [4.78, 5) is 74.4. The number of nitrogen functional groups attached to an aromatic ring is 1. The molecule has 7 N–H and O–H groups in total. The average Bonchev–Trinajstić information content (AvgIpc) is 2.95. The highest BCUT2D eigenvalue weighted by Gasteiger charge is 2.23. The molecule has 0 saturated carbocycles. The van der Waals surface area contributed by atoms with Crippen molar-refractivity contribution in [1.82, 2.24) is 30.6 Å². The molecular weight excluding hydrogens is 532 g/mol. The minimum Gasteiger partial charge on any atom is -0.481 e. The second-order valence-corrected chi connectivity index (χ2v) is 9.45. The fourth-order valence-corrected chi connectivity index (χ4v) is 4.01. The molecule has 0 aliphatic heterocycles. The number of nitrogens with one attached hydrogen (secondary N) is 4. The number of hydrogen-bond acceptors (Lipinski definition) is 10. The van der Waals surface area contributed by atoms with Crippen LogP contribution in [0.2, 0.25) is 0 Å². The predicted molar refractivity (Wildman–Crippen MR) is 151 cm³/mol. The van der Waals surface area contributed by atoms with Gasteiger partial charge in [-0.1, -0.05) is 6.42 Å². The molecule has 0 aliphatic carbocycles. The quantitative estimate of drug-likeness (QED) is 0.107. The van der Waals surface area contributed by atoms with E-state index in [2.05, 4.69) is 35.9 Å². The van der Waals surface area contributed by atoms with Crippen molar-refractivity contribution in [3.8, 4) is 0 Å². The summed E-state index contributed by atoms with van der Waals surface area (Å²) < 4.78 is 0. The van der Waals surface area contributed by atoms with E-state index in [1.54, 1.807) is 31.3 Å². The Balaban J connectivity index is 1.44. The van der Waals surface area contributed by atoms with Crippen molar-refractivity contribution in [2.75, 3.05) is 24.6 Å². The molecule has 1 aromatic carbocycles. The maximum atomic E-state index is 12.7. The smallest absolute Gasteiger partial charge is 0.306 e. The Morgan fingerprint density at radius 1 is 1.02 bits per heavy atom. The third-order valence-corrected chi connectivity index (χ3v) is 6.35. The Morgan fingerprint density at radius 3 is 2.49 bits per heavy atom. The molecule has 3 rings (SSSR count). The van der Waals surface area contributed by atoms with Crippen LogP contribution in [0.15, 0.2) is 35.3 Å². The van der Waals surface area contributed by atoms with Gasteiger partial charge in [0.2, 0.25) is 17.8 Å². The summed E-state index contributed by atoms with van der Waals surface area (Å²) >= 11 is 0. The monoisotopic (exact) mass is 566 g/mol. The van der Waals surface area contributed by atoms with Crippen molar-refractivity contribution in [2.45, 2.75) is 51.5 Å². The van der Waals surface area contributed by atoms with Gasteiger partial charge in [0.25, 0.3) is 5.56 Å². The number of aliphatic carboxylic acids is 1. The van der Waals surface area contributed by atoms with Gasteiger partial charge < -0.3 is 26.8 Å². The number of amides is 2. The number of carbonyl (C=O) groups is 4. The van der Waals surface area contributed by atoms with Gasteiger partial charge in [-0.3, -0.25) is 29.0 Å². The summed E-state index contributed by atoms with van der Waals surface area (Å²) in [6.45, 7) is 0.695. The Morgan fingerprint density at radius 2 is 1.78 bits per heavy atom. The minimum atomic E-state index is -1.13. The highest BCUT2D eigenvalue weighted by atomic mass is 16.4. The van der Waals surface area contributed by atoms with Crippen molar-refractivity contribution in [1.29, 1.82) is 0 Å². The van der Waals surface area contributed by atoms with E-state index in [4.69, 9.17) is 5.73 Å². The summed E-state index contributed by atoms with van der Waals surface area (Å²) in [5, 5.41) is 18.0. The fourth-order valence-electron chi connectivity index (χ4n) is 4.01. The van der Waals surface area contributed by atoms with Crippen molar-refractivity contribution in [3.63, 3.8) is 0 Å². The Bertz CT molecular complexity index is 1440. The SMILES string of the molecule is CNC(=O)CCCCCNC(=O)CC[C@H](CC(=O)c1ccc(NCc2cnc3nc(N)[nH]c(=O)c3n2)cc1)C(=O)O. The maximum absolute atomic E-state index is 12.7. The van der Waals surface area contributed by atoms with Gasteiger partial charge >= 0.3 is 5.97 Å². The number of aromatic amines is 1. The zero-order valence-corrected chi connectivity index (χ0v) is 22.7. The van der Waals surface area contributed by atoms with E-state index in [0.717, 1.165) is 19.3 Å². The molecule has 0 bridgehead atoms. The van der Waals surface area contributed by atoms with E-state index in [-0.39, 0.29) is 60.5 Å². The second-order valence-electron chi connectivity index (χ2n) is 9.45. The molecule has 14 nitrogen and oxygen atoms in total. The fraction of sp³-hybridized carbons (Fsp3) is 0.407. The molecule has 14 heteroatoms. The zero-order valence-electron chi connectivity index (χ0n) is 22.7. The Kier molecular flexibility index (Phi) is 11.3. The number of hydrogen-bond donors (Lipinski definition) is 6. The average molecular weight is 567 g/mol. The van der Waals surface area contributed by atoms with Crippen molar-refractivity contribution in [2.24, 2.45) is 5.92 Å². The molecule has 218 valence electrons. The number of anilines is 2. The highest BCUT2D eigenvalue weighted by Crippen LogP contribution is 2.18. The first-order valence-corrected chi connectivity index (χ1v) is 13.2. The molecule has 2 aromatic heterocycles. The molecule has 0 saturated heterocycles. The Hall–Kier alpha value is -4.88. The summed E-state index contributed by atoms with van der Waals surface area (Å²) in [7, 11) is 1.59. The topological polar surface area (TPSA) is 222 Å². The van der Waals surface area contributed by atoms with Gasteiger partial charge in [-0.15, -0.1) is 0 Å². The van der Waals surface area contributed by atoms with E-state index in [9.17, 15) is 29.1 Å². The second kappa shape index (κ2) is 15.1. The number of nitrogens with zero attached hydrogens (tertiary/aromatic N) is 3. The number of unbranched alkanes of at least 4 members (excludes halogenated alkanes) is 2. The van der Waals surface area contributed by atoms with Gasteiger partial charge in [0.15, 0.2) is 16.9 Å². The third-order valence-electron chi connectivity index (χ3n) is 6.35. The number of Topliss-reactive ketones (excluding diaryl/α,β-unsaturated/α-hetero) is 1. The van der Waals surface area contributed by atoms with Gasteiger partial charge in [-0.2, -0.15) is 4.98 Å². The number of carbonyl (C=O) groups excluding carboxylic acids is 3. The van der Waals surface area contributed by atoms with E-state index < -0.39 is 17.4 Å². The number of rotatable bonds is 16. The lowest BCUT2D eigenvalue weighted by Crippen LogP contribution is -2.26.